The van der Waals surface area contributed by atoms with E-state index < -0.39 is 4.92 Å². The Morgan fingerprint density at radius 1 is 1.03 bits per heavy atom. The molecule has 4 aromatic rings. The molecule has 35 heavy (non-hydrogen) atoms. The van der Waals surface area contributed by atoms with Crippen LogP contribution in [0, 0.1) is 24.0 Å². The molecule has 0 aliphatic carbocycles. The van der Waals surface area contributed by atoms with E-state index >= 15 is 0 Å². The van der Waals surface area contributed by atoms with Gasteiger partial charge in [0.2, 0.25) is 0 Å². The summed E-state index contributed by atoms with van der Waals surface area (Å²) in [6.45, 7) is 7.46. The molecule has 3 aromatic heterocycles. The molecule has 0 unspecified atom stereocenters. The van der Waals surface area contributed by atoms with Gasteiger partial charge in [-0.3, -0.25) is 24.5 Å². The van der Waals surface area contributed by atoms with E-state index in [-0.39, 0.29) is 11.6 Å². The summed E-state index contributed by atoms with van der Waals surface area (Å²) in [5.41, 5.74) is 4.52. The Morgan fingerprint density at radius 3 is 2.43 bits per heavy atom. The van der Waals surface area contributed by atoms with Crippen LogP contribution in [0.5, 0.6) is 0 Å². The number of fused-ring (bicyclic) bond motifs is 1. The topological polar surface area (TPSA) is 102 Å². The van der Waals surface area contributed by atoms with Gasteiger partial charge in [0, 0.05) is 50.7 Å². The largest absolute Gasteiger partial charge is 0.336 e. The molecule has 1 aromatic carbocycles. The first-order valence-electron chi connectivity index (χ1n) is 11.6. The zero-order valence-corrected chi connectivity index (χ0v) is 19.8. The van der Waals surface area contributed by atoms with Crippen molar-refractivity contribution in [2.75, 3.05) is 26.2 Å². The van der Waals surface area contributed by atoms with Crippen LogP contribution in [-0.4, -0.2) is 66.0 Å². The number of nitrogens with zero attached hydrogens (tertiary/aromatic N) is 7. The molecule has 1 saturated heterocycles. The van der Waals surface area contributed by atoms with Crippen LogP contribution in [0.1, 0.15) is 33.0 Å². The van der Waals surface area contributed by atoms with E-state index in [1.54, 1.807) is 18.5 Å². The first-order chi connectivity index (χ1) is 16.9. The predicted molar refractivity (Wildman–Crippen MR) is 130 cm³/mol. The van der Waals surface area contributed by atoms with Gasteiger partial charge in [0.05, 0.1) is 17.2 Å². The van der Waals surface area contributed by atoms with Crippen LogP contribution in [0.4, 0.5) is 5.69 Å². The number of hydrogen-bond donors (Lipinski definition) is 0. The number of carbonyl (C=O) groups is 1. The molecular weight excluding hydrogens is 446 g/mol. The third kappa shape index (κ3) is 4.65. The third-order valence-electron chi connectivity index (χ3n) is 6.52. The molecule has 4 heterocycles. The van der Waals surface area contributed by atoms with Crippen LogP contribution in [-0.2, 0) is 13.1 Å². The first kappa shape index (κ1) is 22.7. The van der Waals surface area contributed by atoms with Gasteiger partial charge in [-0.05, 0) is 43.7 Å². The second-order valence-electron chi connectivity index (χ2n) is 8.90. The highest BCUT2D eigenvalue weighted by molar-refractivity contribution is 5.94. The first-order valence-corrected chi connectivity index (χ1v) is 11.6. The van der Waals surface area contributed by atoms with Crippen molar-refractivity contribution in [3.8, 4) is 0 Å². The SMILES string of the molecule is Cc1nn(Cc2ccc(C(=O)N3CCN(Cc4cn5ccccc5n4)CC3)cc2)c(C)c1[N+](=O)[O-]. The zero-order chi connectivity index (χ0) is 24.5. The maximum atomic E-state index is 13.0. The predicted octanol–water partition coefficient (Wildman–Crippen LogP) is 3.06. The molecule has 10 nitrogen and oxygen atoms in total. The summed E-state index contributed by atoms with van der Waals surface area (Å²) in [4.78, 5) is 32.7. The second kappa shape index (κ2) is 9.30. The number of hydrogen-bond acceptors (Lipinski definition) is 6. The number of piperazine rings is 1. The molecule has 1 aliphatic heterocycles. The van der Waals surface area contributed by atoms with Crippen molar-refractivity contribution in [3.05, 3.63) is 93.2 Å². The van der Waals surface area contributed by atoms with Gasteiger partial charge >= 0.3 is 5.69 Å². The molecule has 0 atom stereocenters. The average molecular weight is 474 g/mol. The van der Waals surface area contributed by atoms with E-state index in [1.807, 2.05) is 58.0 Å². The van der Waals surface area contributed by atoms with Crippen molar-refractivity contribution in [2.45, 2.75) is 26.9 Å². The van der Waals surface area contributed by atoms with Crippen LogP contribution < -0.4 is 0 Å². The van der Waals surface area contributed by atoms with Crippen LogP contribution in [0.25, 0.3) is 5.65 Å². The third-order valence-corrected chi connectivity index (χ3v) is 6.52. The van der Waals surface area contributed by atoms with Crippen LogP contribution in [0.3, 0.4) is 0 Å². The van der Waals surface area contributed by atoms with Crippen molar-refractivity contribution >= 4 is 17.2 Å². The number of pyridine rings is 1. The molecular formula is C25H27N7O3. The van der Waals surface area contributed by atoms with Gasteiger partial charge in [0.25, 0.3) is 5.91 Å². The second-order valence-corrected chi connectivity index (χ2v) is 8.90. The number of rotatable bonds is 6. The van der Waals surface area contributed by atoms with Gasteiger partial charge in [-0.1, -0.05) is 18.2 Å². The van der Waals surface area contributed by atoms with Crippen molar-refractivity contribution in [3.63, 3.8) is 0 Å². The molecule has 10 heteroatoms. The van der Waals surface area contributed by atoms with E-state index in [1.165, 1.54) is 0 Å². The fourth-order valence-electron chi connectivity index (χ4n) is 4.62. The zero-order valence-electron chi connectivity index (χ0n) is 19.8. The van der Waals surface area contributed by atoms with Crippen LogP contribution >= 0.6 is 0 Å². The summed E-state index contributed by atoms with van der Waals surface area (Å²) >= 11 is 0. The fourth-order valence-corrected chi connectivity index (χ4v) is 4.62. The Morgan fingerprint density at radius 2 is 1.77 bits per heavy atom. The lowest BCUT2D eigenvalue weighted by atomic mass is 10.1. The summed E-state index contributed by atoms with van der Waals surface area (Å²) in [6.07, 6.45) is 4.05. The monoisotopic (exact) mass is 473 g/mol. The highest BCUT2D eigenvalue weighted by Gasteiger charge is 2.24. The number of nitro groups is 1. The molecule has 0 saturated carbocycles. The van der Waals surface area contributed by atoms with Crippen LogP contribution in [0.2, 0.25) is 0 Å². The average Bonchev–Trinajstić information content (AvgIpc) is 3.38. The van der Waals surface area contributed by atoms with E-state index in [4.69, 9.17) is 0 Å². The van der Waals surface area contributed by atoms with Crippen LogP contribution in [0.15, 0.2) is 54.9 Å². The fraction of sp³-hybridized carbons (Fsp3) is 0.320. The summed E-state index contributed by atoms with van der Waals surface area (Å²) in [7, 11) is 0. The van der Waals surface area contributed by atoms with Crippen molar-refractivity contribution in [1.29, 1.82) is 0 Å². The van der Waals surface area contributed by atoms with Gasteiger partial charge in [0.1, 0.15) is 17.0 Å². The Labute approximate surface area is 202 Å². The lowest BCUT2D eigenvalue weighted by Gasteiger charge is -2.34. The highest BCUT2D eigenvalue weighted by Crippen LogP contribution is 2.23. The van der Waals surface area contributed by atoms with Gasteiger partial charge in [0.15, 0.2) is 0 Å². The molecule has 0 bridgehead atoms. The molecule has 1 aliphatic rings. The number of carbonyl (C=O) groups excluding carboxylic acids is 1. The molecule has 0 spiro atoms. The minimum Gasteiger partial charge on any atom is -0.336 e. The summed E-state index contributed by atoms with van der Waals surface area (Å²) in [5, 5.41) is 15.5. The maximum Gasteiger partial charge on any atom is 0.312 e. The maximum absolute atomic E-state index is 13.0. The van der Waals surface area contributed by atoms with Gasteiger partial charge in [-0.2, -0.15) is 5.10 Å². The minimum absolute atomic E-state index is 0.0192. The molecule has 1 amide bonds. The normalized spacial score (nSPS) is 14.5. The minimum atomic E-state index is -0.396. The van der Waals surface area contributed by atoms with Crippen molar-refractivity contribution < 1.29 is 9.72 Å². The summed E-state index contributed by atoms with van der Waals surface area (Å²) < 4.78 is 3.65. The highest BCUT2D eigenvalue weighted by atomic mass is 16.6. The molecule has 0 N–H and O–H groups in total. The smallest absolute Gasteiger partial charge is 0.312 e. The molecule has 1 fully saturated rings. The lowest BCUT2D eigenvalue weighted by Crippen LogP contribution is -2.48. The van der Waals surface area contributed by atoms with Gasteiger partial charge in [-0.15, -0.1) is 0 Å². The number of amides is 1. The Kier molecular flexibility index (Phi) is 6.04. The molecule has 5 rings (SSSR count). The van der Waals surface area contributed by atoms with E-state index in [9.17, 15) is 14.9 Å². The molecule has 180 valence electrons. The van der Waals surface area contributed by atoms with Gasteiger partial charge in [-0.25, -0.2) is 4.98 Å². The number of benzene rings is 1. The Balaban J connectivity index is 1.17. The summed E-state index contributed by atoms with van der Waals surface area (Å²) in [6, 6.07) is 13.4. The Bertz CT molecular complexity index is 1350. The molecule has 0 radical (unpaired) electrons. The standard InChI is InChI=1S/C25H27N7O3/c1-18-24(32(34)35)19(2)31(27-18)15-20-6-8-21(9-7-20)25(33)29-13-11-28(12-14-29)16-22-17-30-10-4-3-5-23(30)26-22/h3-10,17H,11-16H2,1-2H3. The lowest BCUT2D eigenvalue weighted by molar-refractivity contribution is -0.386. The van der Waals surface area contributed by atoms with E-state index in [0.29, 0.717) is 36.6 Å². The van der Waals surface area contributed by atoms with Gasteiger partial charge < -0.3 is 9.30 Å². The Hall–Kier alpha value is -4.05. The van der Waals surface area contributed by atoms with Crippen molar-refractivity contribution in [2.24, 2.45) is 0 Å². The van der Waals surface area contributed by atoms with E-state index in [2.05, 4.69) is 21.2 Å². The van der Waals surface area contributed by atoms with Crippen molar-refractivity contribution in [1.82, 2.24) is 29.0 Å². The number of aromatic nitrogens is 4. The van der Waals surface area contributed by atoms with E-state index in [0.717, 1.165) is 36.5 Å². The quantitative estimate of drug-likeness (QED) is 0.315. The summed E-state index contributed by atoms with van der Waals surface area (Å²) in [5.74, 6) is 0.0192. The number of aryl methyl sites for hydroxylation is 1. The number of imidazole rings is 1.